The van der Waals surface area contributed by atoms with E-state index in [-0.39, 0.29) is 0 Å². The highest BCUT2D eigenvalue weighted by Crippen LogP contribution is 2.25. The Kier molecular flexibility index (Phi) is 4.32. The molecule has 4 heteroatoms. The van der Waals surface area contributed by atoms with Crippen molar-refractivity contribution in [1.29, 1.82) is 5.26 Å². The Labute approximate surface area is 113 Å². The molecule has 2 aromatic rings. The summed E-state index contributed by atoms with van der Waals surface area (Å²) in [6.07, 6.45) is 2.46. The fourth-order valence-corrected chi connectivity index (χ4v) is 2.11. The number of hydrogen-bond acceptors (Lipinski definition) is 4. The van der Waals surface area contributed by atoms with E-state index >= 15 is 0 Å². The maximum atomic E-state index is 9.22. The first-order valence-corrected chi connectivity index (χ1v) is 6.36. The second-order valence-electron chi connectivity index (χ2n) is 4.25. The van der Waals surface area contributed by atoms with Gasteiger partial charge in [0.05, 0.1) is 18.2 Å². The molecule has 1 heterocycles. The lowest BCUT2D eigenvalue weighted by atomic mass is 10.0. The molecule has 2 rings (SSSR count). The van der Waals surface area contributed by atoms with Gasteiger partial charge in [0.1, 0.15) is 11.8 Å². The van der Waals surface area contributed by atoms with Gasteiger partial charge in [-0.2, -0.15) is 5.26 Å². The number of nitrogens with zero attached hydrogens (tertiary/aromatic N) is 2. The molecule has 0 spiro atoms. The van der Waals surface area contributed by atoms with Gasteiger partial charge in [-0.1, -0.05) is 6.92 Å². The van der Waals surface area contributed by atoms with E-state index in [1.54, 1.807) is 13.3 Å². The van der Waals surface area contributed by atoms with Crippen LogP contribution in [0.5, 0.6) is 5.75 Å². The van der Waals surface area contributed by atoms with Gasteiger partial charge in [0, 0.05) is 11.6 Å². The van der Waals surface area contributed by atoms with E-state index in [1.807, 2.05) is 18.2 Å². The van der Waals surface area contributed by atoms with Gasteiger partial charge in [-0.15, -0.1) is 0 Å². The Morgan fingerprint density at radius 1 is 1.42 bits per heavy atom. The lowest BCUT2D eigenvalue weighted by Crippen LogP contribution is -2.16. The standard InChI is InChI=1S/C15H17N3O/c1-3-17-7-6-13-11(9-16)10-18-15-5-4-12(19-2)8-14(13)15/h4-5,8,10,17H,3,6-7H2,1-2H3. The van der Waals surface area contributed by atoms with E-state index in [2.05, 4.69) is 23.3 Å². The Morgan fingerprint density at radius 3 is 2.95 bits per heavy atom. The molecule has 19 heavy (non-hydrogen) atoms. The van der Waals surface area contributed by atoms with E-state index in [0.29, 0.717) is 5.56 Å². The van der Waals surface area contributed by atoms with E-state index in [4.69, 9.17) is 4.74 Å². The summed E-state index contributed by atoms with van der Waals surface area (Å²) in [6.45, 7) is 3.84. The summed E-state index contributed by atoms with van der Waals surface area (Å²) in [5, 5.41) is 13.5. The smallest absolute Gasteiger partial charge is 0.119 e. The number of benzene rings is 1. The summed E-state index contributed by atoms with van der Waals surface area (Å²) >= 11 is 0. The predicted octanol–water partition coefficient (Wildman–Crippen LogP) is 2.27. The van der Waals surface area contributed by atoms with E-state index in [1.165, 1.54) is 0 Å². The molecule has 98 valence electrons. The molecule has 0 aliphatic heterocycles. The van der Waals surface area contributed by atoms with E-state index in [9.17, 15) is 5.26 Å². The summed E-state index contributed by atoms with van der Waals surface area (Å²) < 4.78 is 5.25. The molecular formula is C15H17N3O. The third kappa shape index (κ3) is 2.83. The van der Waals surface area contributed by atoms with Crippen molar-refractivity contribution in [3.05, 3.63) is 35.5 Å². The van der Waals surface area contributed by atoms with Gasteiger partial charge in [-0.3, -0.25) is 4.98 Å². The molecule has 0 fully saturated rings. The summed E-state index contributed by atoms with van der Waals surface area (Å²) in [6, 6.07) is 7.98. The Morgan fingerprint density at radius 2 is 2.26 bits per heavy atom. The first-order chi connectivity index (χ1) is 9.30. The van der Waals surface area contributed by atoms with Crippen LogP contribution < -0.4 is 10.1 Å². The van der Waals surface area contributed by atoms with E-state index in [0.717, 1.165) is 41.7 Å². The third-order valence-electron chi connectivity index (χ3n) is 3.11. The van der Waals surface area contributed by atoms with Crippen molar-refractivity contribution < 1.29 is 4.74 Å². The van der Waals surface area contributed by atoms with Crippen LogP contribution in [0.2, 0.25) is 0 Å². The minimum atomic E-state index is 0.638. The number of nitriles is 1. The van der Waals surface area contributed by atoms with Gasteiger partial charge in [-0.05, 0) is 43.3 Å². The highest BCUT2D eigenvalue weighted by Gasteiger charge is 2.09. The topological polar surface area (TPSA) is 57.9 Å². The molecule has 1 aromatic carbocycles. The molecule has 0 amide bonds. The van der Waals surface area contributed by atoms with Gasteiger partial charge in [0.25, 0.3) is 0 Å². The van der Waals surface area contributed by atoms with Crippen molar-refractivity contribution in [2.75, 3.05) is 20.2 Å². The molecule has 1 aromatic heterocycles. The number of nitrogens with one attached hydrogen (secondary N) is 1. The molecule has 0 unspecified atom stereocenters. The summed E-state index contributed by atoms with van der Waals surface area (Å²) in [7, 11) is 1.64. The predicted molar refractivity (Wildman–Crippen MR) is 75.3 cm³/mol. The molecule has 0 aliphatic rings. The van der Waals surface area contributed by atoms with Crippen molar-refractivity contribution in [3.63, 3.8) is 0 Å². The summed E-state index contributed by atoms with van der Waals surface area (Å²) in [5.74, 6) is 0.786. The number of pyridine rings is 1. The van der Waals surface area contributed by atoms with Crippen LogP contribution in [0.4, 0.5) is 0 Å². The van der Waals surface area contributed by atoms with Crippen LogP contribution in [0, 0.1) is 11.3 Å². The van der Waals surface area contributed by atoms with Gasteiger partial charge in [0.15, 0.2) is 0 Å². The van der Waals surface area contributed by atoms with Gasteiger partial charge >= 0.3 is 0 Å². The highest BCUT2D eigenvalue weighted by atomic mass is 16.5. The van der Waals surface area contributed by atoms with Crippen LogP contribution in [0.25, 0.3) is 10.9 Å². The van der Waals surface area contributed by atoms with Crippen molar-refractivity contribution in [2.24, 2.45) is 0 Å². The Balaban J connectivity index is 2.51. The summed E-state index contributed by atoms with van der Waals surface area (Å²) in [4.78, 5) is 4.32. The average Bonchev–Trinajstić information content (AvgIpc) is 2.47. The zero-order valence-electron chi connectivity index (χ0n) is 11.2. The number of hydrogen-bond donors (Lipinski definition) is 1. The van der Waals surface area contributed by atoms with Gasteiger partial charge in [-0.25, -0.2) is 0 Å². The maximum absolute atomic E-state index is 9.22. The quantitative estimate of drug-likeness (QED) is 0.833. The second kappa shape index (κ2) is 6.17. The summed E-state index contributed by atoms with van der Waals surface area (Å²) in [5.41, 5.74) is 2.57. The van der Waals surface area contributed by atoms with E-state index < -0.39 is 0 Å². The van der Waals surface area contributed by atoms with Gasteiger partial charge in [0.2, 0.25) is 0 Å². The normalized spacial score (nSPS) is 10.4. The first-order valence-electron chi connectivity index (χ1n) is 6.36. The molecule has 0 atom stereocenters. The van der Waals surface area contributed by atoms with Crippen molar-refractivity contribution in [1.82, 2.24) is 10.3 Å². The fourth-order valence-electron chi connectivity index (χ4n) is 2.11. The number of ether oxygens (including phenoxy) is 1. The lowest BCUT2D eigenvalue weighted by Gasteiger charge is -2.10. The highest BCUT2D eigenvalue weighted by molar-refractivity contribution is 5.85. The van der Waals surface area contributed by atoms with Crippen LogP contribution in [-0.4, -0.2) is 25.2 Å². The molecule has 4 nitrogen and oxygen atoms in total. The van der Waals surface area contributed by atoms with Gasteiger partial charge < -0.3 is 10.1 Å². The monoisotopic (exact) mass is 255 g/mol. The van der Waals surface area contributed by atoms with Crippen LogP contribution in [0.1, 0.15) is 18.1 Å². The van der Waals surface area contributed by atoms with Crippen molar-refractivity contribution in [3.8, 4) is 11.8 Å². The SMILES string of the molecule is CCNCCc1c(C#N)cnc2ccc(OC)cc12. The average molecular weight is 255 g/mol. The van der Waals surface area contributed by atoms with Crippen LogP contribution in [0.3, 0.4) is 0 Å². The number of aromatic nitrogens is 1. The zero-order valence-corrected chi connectivity index (χ0v) is 11.2. The number of rotatable bonds is 5. The zero-order chi connectivity index (χ0) is 13.7. The second-order valence-corrected chi connectivity index (χ2v) is 4.25. The molecule has 0 saturated carbocycles. The van der Waals surface area contributed by atoms with Crippen molar-refractivity contribution in [2.45, 2.75) is 13.3 Å². The van der Waals surface area contributed by atoms with Crippen LogP contribution in [0.15, 0.2) is 24.4 Å². The maximum Gasteiger partial charge on any atom is 0.119 e. The largest absolute Gasteiger partial charge is 0.497 e. The molecule has 0 aliphatic carbocycles. The Hall–Kier alpha value is -2.12. The first kappa shape index (κ1) is 13.3. The fraction of sp³-hybridized carbons (Fsp3) is 0.333. The molecule has 0 radical (unpaired) electrons. The molecular weight excluding hydrogens is 238 g/mol. The Bertz CT molecular complexity index is 617. The number of fused-ring (bicyclic) bond motifs is 1. The minimum Gasteiger partial charge on any atom is -0.497 e. The minimum absolute atomic E-state index is 0.638. The molecule has 1 N–H and O–H groups in total. The lowest BCUT2D eigenvalue weighted by molar-refractivity contribution is 0.415. The van der Waals surface area contributed by atoms with Crippen molar-refractivity contribution >= 4 is 10.9 Å². The van der Waals surface area contributed by atoms with Crippen LogP contribution >= 0.6 is 0 Å². The number of methoxy groups -OCH3 is 1. The molecule has 0 bridgehead atoms. The number of likely N-dealkylation sites (N-methyl/N-ethyl adjacent to an activating group) is 1. The molecule has 0 saturated heterocycles. The van der Waals surface area contributed by atoms with Crippen LogP contribution in [-0.2, 0) is 6.42 Å². The third-order valence-corrected chi connectivity index (χ3v) is 3.11.